The summed E-state index contributed by atoms with van der Waals surface area (Å²) >= 11 is 0. The summed E-state index contributed by atoms with van der Waals surface area (Å²) in [4.78, 5) is 10.8. The first kappa shape index (κ1) is 11.4. The normalized spacial score (nSPS) is 11.4. The number of aromatic carboxylic acids is 1. The zero-order valence-electron chi connectivity index (χ0n) is 9.16. The van der Waals surface area contributed by atoms with Gasteiger partial charge >= 0.3 is 5.97 Å². The number of carboxylic acid groups (broad SMARTS) is 1. The van der Waals surface area contributed by atoms with E-state index in [4.69, 9.17) is 16.6 Å². The van der Waals surface area contributed by atoms with Crippen molar-refractivity contribution < 1.29 is 9.90 Å². The van der Waals surface area contributed by atoms with Gasteiger partial charge in [-0.2, -0.15) is 0 Å². The Balaban J connectivity index is 3.41. The van der Waals surface area contributed by atoms with Gasteiger partial charge in [-0.05, 0) is 17.5 Å². The Morgan fingerprint density at radius 2 is 1.60 bits per heavy atom. The minimum Gasteiger partial charge on any atom is -0.478 e. The number of hydrogen-bond acceptors (Lipinski definition) is 3. The van der Waals surface area contributed by atoms with Gasteiger partial charge in [-0.1, -0.05) is 20.8 Å². The second kappa shape index (κ2) is 3.46. The summed E-state index contributed by atoms with van der Waals surface area (Å²) in [6.07, 6.45) is 0. The van der Waals surface area contributed by atoms with Crippen LogP contribution < -0.4 is 11.5 Å². The molecule has 4 nitrogen and oxygen atoms in total. The molecule has 4 heteroatoms. The minimum atomic E-state index is -1.02. The van der Waals surface area contributed by atoms with E-state index in [0.29, 0.717) is 11.4 Å². The number of nitrogens with two attached hydrogens (primary N) is 2. The van der Waals surface area contributed by atoms with Crippen LogP contribution in [0.3, 0.4) is 0 Å². The average Bonchev–Trinajstić information content (AvgIpc) is 1.99. The molecule has 0 bridgehead atoms. The summed E-state index contributed by atoms with van der Waals surface area (Å²) in [6, 6.07) is 2.89. The number of carboxylic acids is 1. The maximum atomic E-state index is 10.8. The summed E-state index contributed by atoms with van der Waals surface area (Å²) in [6.45, 7) is 5.94. The lowest BCUT2D eigenvalue weighted by molar-refractivity contribution is 0.0697. The van der Waals surface area contributed by atoms with Crippen LogP contribution >= 0.6 is 0 Å². The highest BCUT2D eigenvalue weighted by Crippen LogP contribution is 2.33. The fraction of sp³-hybridized carbons (Fsp3) is 0.364. The largest absolute Gasteiger partial charge is 0.478 e. The highest BCUT2D eigenvalue weighted by Gasteiger charge is 2.21. The second-order valence-corrected chi connectivity index (χ2v) is 4.58. The van der Waals surface area contributed by atoms with Gasteiger partial charge in [-0.25, -0.2) is 4.79 Å². The smallest absolute Gasteiger partial charge is 0.335 e. The first-order valence-electron chi connectivity index (χ1n) is 4.66. The van der Waals surface area contributed by atoms with Gasteiger partial charge in [0, 0.05) is 16.9 Å². The molecular weight excluding hydrogens is 192 g/mol. The van der Waals surface area contributed by atoms with Crippen molar-refractivity contribution in [1.82, 2.24) is 0 Å². The standard InChI is InChI=1S/C11H16N2O2/c1-11(2,3)9-7(12)4-6(10(14)15)5-8(9)13/h4-5H,12-13H2,1-3H3,(H,14,15). The average molecular weight is 208 g/mol. The van der Waals surface area contributed by atoms with E-state index in [1.54, 1.807) is 0 Å². The first-order valence-corrected chi connectivity index (χ1v) is 4.66. The third-order valence-electron chi connectivity index (χ3n) is 2.20. The number of anilines is 2. The molecule has 15 heavy (non-hydrogen) atoms. The molecule has 0 saturated carbocycles. The van der Waals surface area contributed by atoms with Crippen molar-refractivity contribution in [3.8, 4) is 0 Å². The van der Waals surface area contributed by atoms with Crippen molar-refractivity contribution in [2.24, 2.45) is 0 Å². The van der Waals surface area contributed by atoms with Crippen molar-refractivity contribution in [2.45, 2.75) is 26.2 Å². The monoisotopic (exact) mass is 208 g/mol. The van der Waals surface area contributed by atoms with Gasteiger partial charge in [-0.3, -0.25) is 0 Å². The molecule has 0 fully saturated rings. The molecule has 0 atom stereocenters. The van der Waals surface area contributed by atoms with Crippen LogP contribution in [0.15, 0.2) is 12.1 Å². The number of benzene rings is 1. The Morgan fingerprint density at radius 1 is 1.20 bits per heavy atom. The van der Waals surface area contributed by atoms with Gasteiger partial charge in [0.25, 0.3) is 0 Å². The Bertz CT molecular complexity index is 383. The van der Waals surface area contributed by atoms with Crippen LogP contribution in [0.2, 0.25) is 0 Å². The zero-order chi connectivity index (χ0) is 11.8. The molecule has 0 radical (unpaired) electrons. The molecule has 0 aliphatic heterocycles. The zero-order valence-corrected chi connectivity index (χ0v) is 9.16. The topological polar surface area (TPSA) is 89.3 Å². The lowest BCUT2D eigenvalue weighted by atomic mass is 9.84. The third-order valence-corrected chi connectivity index (χ3v) is 2.20. The molecule has 0 aromatic heterocycles. The van der Waals surface area contributed by atoms with Crippen LogP contribution in [0.5, 0.6) is 0 Å². The summed E-state index contributed by atoms with van der Waals surface area (Å²) in [5.41, 5.74) is 13.2. The van der Waals surface area contributed by atoms with Crippen molar-refractivity contribution >= 4 is 17.3 Å². The molecule has 0 heterocycles. The van der Waals surface area contributed by atoms with E-state index >= 15 is 0 Å². The molecule has 82 valence electrons. The fourth-order valence-electron chi connectivity index (χ4n) is 1.68. The molecule has 1 aromatic carbocycles. The summed E-state index contributed by atoms with van der Waals surface area (Å²) in [5.74, 6) is -1.02. The van der Waals surface area contributed by atoms with Crippen molar-refractivity contribution in [3.63, 3.8) is 0 Å². The van der Waals surface area contributed by atoms with E-state index in [-0.39, 0.29) is 11.0 Å². The van der Waals surface area contributed by atoms with Crippen molar-refractivity contribution in [3.05, 3.63) is 23.3 Å². The predicted molar refractivity (Wildman–Crippen MR) is 60.9 cm³/mol. The molecule has 0 saturated heterocycles. The van der Waals surface area contributed by atoms with E-state index in [1.807, 2.05) is 20.8 Å². The van der Waals surface area contributed by atoms with Crippen LogP contribution in [0.1, 0.15) is 36.7 Å². The van der Waals surface area contributed by atoms with Gasteiger partial charge in [0.05, 0.1) is 5.56 Å². The quantitative estimate of drug-likeness (QED) is 0.614. The van der Waals surface area contributed by atoms with Gasteiger partial charge in [0.15, 0.2) is 0 Å². The summed E-state index contributed by atoms with van der Waals surface area (Å²) in [5, 5.41) is 8.82. The molecule has 1 rings (SSSR count). The van der Waals surface area contributed by atoms with E-state index in [0.717, 1.165) is 5.56 Å². The summed E-state index contributed by atoms with van der Waals surface area (Å²) < 4.78 is 0. The number of carbonyl (C=O) groups is 1. The Kier molecular flexibility index (Phi) is 2.62. The first-order chi connectivity index (χ1) is 6.73. The highest BCUT2D eigenvalue weighted by molar-refractivity contribution is 5.91. The molecular formula is C11H16N2O2. The van der Waals surface area contributed by atoms with E-state index in [9.17, 15) is 4.79 Å². The second-order valence-electron chi connectivity index (χ2n) is 4.58. The third kappa shape index (κ3) is 2.21. The lowest BCUT2D eigenvalue weighted by Gasteiger charge is -2.23. The minimum absolute atomic E-state index is 0.123. The number of nitrogen functional groups attached to an aromatic ring is 2. The van der Waals surface area contributed by atoms with E-state index in [1.165, 1.54) is 12.1 Å². The molecule has 0 spiro atoms. The lowest BCUT2D eigenvalue weighted by Crippen LogP contribution is -2.17. The van der Waals surface area contributed by atoms with E-state index in [2.05, 4.69) is 0 Å². The molecule has 5 N–H and O–H groups in total. The van der Waals surface area contributed by atoms with Gasteiger partial charge in [0.2, 0.25) is 0 Å². The predicted octanol–water partition coefficient (Wildman–Crippen LogP) is 1.85. The molecule has 0 amide bonds. The Hall–Kier alpha value is -1.71. The van der Waals surface area contributed by atoms with Crippen molar-refractivity contribution in [1.29, 1.82) is 0 Å². The molecule has 0 aliphatic carbocycles. The van der Waals surface area contributed by atoms with Crippen LogP contribution in [0.4, 0.5) is 11.4 Å². The maximum Gasteiger partial charge on any atom is 0.335 e. The van der Waals surface area contributed by atoms with Crippen LogP contribution in [-0.4, -0.2) is 11.1 Å². The maximum absolute atomic E-state index is 10.8. The SMILES string of the molecule is CC(C)(C)c1c(N)cc(C(=O)O)cc1N. The molecule has 0 aliphatic rings. The van der Waals surface area contributed by atoms with E-state index < -0.39 is 5.97 Å². The van der Waals surface area contributed by atoms with Gasteiger partial charge in [0.1, 0.15) is 0 Å². The Morgan fingerprint density at radius 3 is 1.87 bits per heavy atom. The van der Waals surface area contributed by atoms with Crippen LogP contribution in [-0.2, 0) is 5.41 Å². The Labute approximate surface area is 88.9 Å². The number of rotatable bonds is 1. The highest BCUT2D eigenvalue weighted by atomic mass is 16.4. The van der Waals surface area contributed by atoms with Gasteiger partial charge in [-0.15, -0.1) is 0 Å². The van der Waals surface area contributed by atoms with Crippen LogP contribution in [0.25, 0.3) is 0 Å². The fourth-order valence-corrected chi connectivity index (χ4v) is 1.68. The molecule has 1 aromatic rings. The number of hydrogen-bond donors (Lipinski definition) is 3. The summed E-state index contributed by atoms with van der Waals surface area (Å²) in [7, 11) is 0. The van der Waals surface area contributed by atoms with Crippen molar-refractivity contribution in [2.75, 3.05) is 11.5 Å². The van der Waals surface area contributed by atoms with Crippen LogP contribution in [0, 0.1) is 0 Å². The molecule has 0 unspecified atom stereocenters. The van der Waals surface area contributed by atoms with Gasteiger partial charge < -0.3 is 16.6 Å².